The molecule has 0 bridgehead atoms. The maximum absolute atomic E-state index is 10.1. The van der Waals surface area contributed by atoms with Gasteiger partial charge in [0.15, 0.2) is 10.8 Å². The average Bonchev–Trinajstić information content (AvgIpc) is 3.00. The first-order valence-electron chi connectivity index (χ1n) is 6.36. The molecule has 9 heteroatoms. The quantitative estimate of drug-likeness (QED) is 0.677. The Morgan fingerprint density at radius 1 is 1.57 bits per heavy atom. The van der Waals surface area contributed by atoms with Crippen LogP contribution in [0.1, 0.15) is 18.9 Å². The Morgan fingerprint density at radius 3 is 2.95 bits per heavy atom. The van der Waals surface area contributed by atoms with Gasteiger partial charge < -0.3 is 20.5 Å². The monoisotopic (exact) mass is 308 g/mol. The Morgan fingerprint density at radius 2 is 2.33 bits per heavy atom. The minimum absolute atomic E-state index is 0.0292. The molecule has 0 unspecified atom stereocenters. The van der Waals surface area contributed by atoms with Crippen LogP contribution in [0.2, 0.25) is 5.15 Å². The summed E-state index contributed by atoms with van der Waals surface area (Å²) in [5.41, 5.74) is 5.30. The number of aliphatic hydroxyl groups excluding tert-OH is 2. The zero-order chi connectivity index (χ0) is 15.2. The number of hydrogen-bond acceptors (Lipinski definition) is 7. The van der Waals surface area contributed by atoms with Crippen LogP contribution in [0.4, 0.5) is 5.95 Å². The topological polar surface area (TPSA) is 134 Å². The lowest BCUT2D eigenvalue weighted by Crippen LogP contribution is -2.31. The Labute approximate surface area is 124 Å². The zero-order valence-corrected chi connectivity index (χ0v) is 11.7. The van der Waals surface area contributed by atoms with Crippen molar-refractivity contribution >= 4 is 28.7 Å². The first kappa shape index (κ1) is 14.0. The summed E-state index contributed by atoms with van der Waals surface area (Å²) in [7, 11) is 0. The number of imidazole rings is 1. The van der Waals surface area contributed by atoms with E-state index >= 15 is 0 Å². The molecule has 0 saturated heterocycles. The van der Waals surface area contributed by atoms with E-state index in [2.05, 4.69) is 15.0 Å². The molecule has 4 N–H and O–H groups in total. The molecule has 0 spiro atoms. The first-order chi connectivity index (χ1) is 10.0. The number of hydrogen-bond donors (Lipinski definition) is 3. The van der Waals surface area contributed by atoms with Gasteiger partial charge in [-0.25, -0.2) is 4.98 Å². The molecule has 1 aliphatic rings. The van der Waals surface area contributed by atoms with Crippen LogP contribution in [0.3, 0.4) is 0 Å². The van der Waals surface area contributed by atoms with Crippen molar-refractivity contribution in [2.24, 2.45) is 5.41 Å². The summed E-state index contributed by atoms with van der Waals surface area (Å²) in [6, 6.07) is 1.80. The number of nitriles is 1. The average molecular weight is 309 g/mol. The Bertz CT molecular complexity index is 741. The highest BCUT2D eigenvalue weighted by Gasteiger charge is 2.48. The Hall–Kier alpha value is -1.95. The van der Waals surface area contributed by atoms with Crippen LogP contribution >= 0.6 is 11.6 Å². The lowest BCUT2D eigenvalue weighted by molar-refractivity contribution is 0.0460. The molecule has 8 nitrogen and oxygen atoms in total. The zero-order valence-electron chi connectivity index (χ0n) is 10.9. The molecule has 0 aliphatic heterocycles. The molecule has 2 aromatic rings. The van der Waals surface area contributed by atoms with Gasteiger partial charge in [-0.15, -0.1) is 0 Å². The molecule has 1 saturated carbocycles. The number of fused-ring (bicyclic) bond motifs is 1. The van der Waals surface area contributed by atoms with Crippen LogP contribution in [0.5, 0.6) is 0 Å². The maximum atomic E-state index is 10.1. The van der Waals surface area contributed by atoms with Crippen LogP contribution in [0.15, 0.2) is 6.33 Å². The van der Waals surface area contributed by atoms with Crippen LogP contribution in [-0.4, -0.2) is 42.4 Å². The number of nitrogen functional groups attached to an aromatic ring is 1. The number of nitrogens with two attached hydrogens (primary N) is 1. The molecular weight excluding hydrogens is 296 g/mol. The third-order valence-corrected chi connectivity index (χ3v) is 4.29. The third kappa shape index (κ3) is 2.01. The predicted octanol–water partition coefficient (Wildman–Crippen LogP) is 0.260. The normalized spacial score (nSPS) is 28.9. The minimum atomic E-state index is -1.16. The summed E-state index contributed by atoms with van der Waals surface area (Å²) in [5.74, 6) is 0.0292. The summed E-state index contributed by atoms with van der Waals surface area (Å²) < 4.78 is 1.72. The van der Waals surface area contributed by atoms with E-state index in [0.29, 0.717) is 24.0 Å². The van der Waals surface area contributed by atoms with Crippen molar-refractivity contribution in [3.8, 4) is 6.07 Å². The van der Waals surface area contributed by atoms with Gasteiger partial charge in [0, 0.05) is 6.04 Å². The second kappa shape index (κ2) is 4.80. The largest absolute Gasteiger partial charge is 0.395 e. The Balaban J connectivity index is 2.05. The summed E-state index contributed by atoms with van der Waals surface area (Å²) in [4.78, 5) is 12.1. The number of halogens is 1. The third-order valence-electron chi connectivity index (χ3n) is 4.03. The van der Waals surface area contributed by atoms with Gasteiger partial charge in [-0.3, -0.25) is 0 Å². The van der Waals surface area contributed by atoms with Crippen molar-refractivity contribution in [3.63, 3.8) is 0 Å². The highest BCUT2D eigenvalue weighted by Crippen LogP contribution is 2.44. The number of anilines is 1. The lowest BCUT2D eigenvalue weighted by atomic mass is 9.87. The van der Waals surface area contributed by atoms with Crippen LogP contribution in [0, 0.1) is 16.7 Å². The van der Waals surface area contributed by atoms with Gasteiger partial charge in [0.05, 0.1) is 25.1 Å². The molecule has 110 valence electrons. The smallest absolute Gasteiger partial charge is 0.223 e. The van der Waals surface area contributed by atoms with Crippen molar-refractivity contribution in [1.29, 1.82) is 5.26 Å². The fraction of sp³-hybridized carbons (Fsp3) is 0.500. The highest BCUT2D eigenvalue weighted by molar-refractivity contribution is 6.33. The van der Waals surface area contributed by atoms with Crippen molar-refractivity contribution in [2.75, 3.05) is 12.3 Å². The molecule has 0 radical (unpaired) electrons. The molecule has 1 aliphatic carbocycles. The summed E-state index contributed by atoms with van der Waals surface area (Å²) >= 11 is 5.97. The van der Waals surface area contributed by atoms with E-state index < -0.39 is 18.1 Å². The van der Waals surface area contributed by atoms with Gasteiger partial charge in [-0.2, -0.15) is 15.2 Å². The van der Waals surface area contributed by atoms with Crippen molar-refractivity contribution < 1.29 is 10.2 Å². The van der Waals surface area contributed by atoms with Gasteiger partial charge in [0.2, 0.25) is 5.95 Å². The van der Waals surface area contributed by atoms with Crippen LogP contribution in [0.25, 0.3) is 11.2 Å². The van der Waals surface area contributed by atoms with Gasteiger partial charge in [-0.1, -0.05) is 11.6 Å². The van der Waals surface area contributed by atoms with Gasteiger partial charge in [0.25, 0.3) is 0 Å². The second-order valence-corrected chi connectivity index (χ2v) is 5.59. The number of nitrogens with zero attached hydrogens (tertiary/aromatic N) is 5. The SMILES string of the molecule is N#C[C@]1(CO)C[C@@H](n2cnc3c(Cl)nc(N)nc32)C[C@@H]1O. The van der Waals surface area contributed by atoms with E-state index in [1.165, 1.54) is 6.33 Å². The fourth-order valence-corrected chi connectivity index (χ4v) is 3.05. The molecule has 2 heterocycles. The number of aromatic nitrogens is 4. The van der Waals surface area contributed by atoms with E-state index in [9.17, 15) is 15.5 Å². The van der Waals surface area contributed by atoms with E-state index in [1.807, 2.05) is 6.07 Å². The molecule has 1 fully saturated rings. The molecule has 0 amide bonds. The lowest BCUT2D eigenvalue weighted by Gasteiger charge is -2.21. The minimum Gasteiger partial charge on any atom is -0.395 e. The number of rotatable bonds is 2. The van der Waals surface area contributed by atoms with Crippen LogP contribution < -0.4 is 5.73 Å². The van der Waals surface area contributed by atoms with E-state index in [1.54, 1.807) is 4.57 Å². The molecule has 3 rings (SSSR count). The van der Waals surface area contributed by atoms with Gasteiger partial charge in [-0.05, 0) is 12.8 Å². The summed E-state index contributed by atoms with van der Waals surface area (Å²) in [5, 5.41) is 28.9. The van der Waals surface area contributed by atoms with E-state index in [4.69, 9.17) is 17.3 Å². The molecule has 21 heavy (non-hydrogen) atoms. The second-order valence-electron chi connectivity index (χ2n) is 5.23. The van der Waals surface area contributed by atoms with Gasteiger partial charge >= 0.3 is 0 Å². The first-order valence-corrected chi connectivity index (χ1v) is 6.74. The fourth-order valence-electron chi connectivity index (χ4n) is 2.83. The van der Waals surface area contributed by atoms with Crippen molar-refractivity contribution in [1.82, 2.24) is 19.5 Å². The highest BCUT2D eigenvalue weighted by atomic mass is 35.5. The Kier molecular flexibility index (Phi) is 3.20. The predicted molar refractivity (Wildman–Crippen MR) is 74.2 cm³/mol. The van der Waals surface area contributed by atoms with Gasteiger partial charge in [0.1, 0.15) is 10.9 Å². The van der Waals surface area contributed by atoms with Crippen LogP contribution in [-0.2, 0) is 0 Å². The molecule has 0 aromatic carbocycles. The molecule has 2 aromatic heterocycles. The molecule has 3 atom stereocenters. The summed E-state index contributed by atoms with van der Waals surface area (Å²) in [6.45, 7) is -0.397. The van der Waals surface area contributed by atoms with E-state index in [0.717, 1.165) is 0 Å². The number of aliphatic hydroxyl groups is 2. The summed E-state index contributed by atoms with van der Waals surface area (Å²) in [6.07, 6.45) is 1.24. The molecular formula is C12H13ClN6O2. The maximum Gasteiger partial charge on any atom is 0.223 e. The standard InChI is InChI=1S/C12H13ClN6O2/c13-9-8-10(18-11(15)17-9)19(5-16-8)6-1-7(21)12(2-6,3-14)4-20/h5-7,20-21H,1-2,4H2,(H2,15,17,18)/t6-,7-,12-/m0/s1. The van der Waals surface area contributed by atoms with E-state index in [-0.39, 0.29) is 17.1 Å². The van der Waals surface area contributed by atoms with Crippen molar-refractivity contribution in [2.45, 2.75) is 25.0 Å². The van der Waals surface area contributed by atoms with Crippen molar-refractivity contribution in [3.05, 3.63) is 11.5 Å².